The first-order valence-electron chi connectivity index (χ1n) is 6.78. The van der Waals surface area contributed by atoms with Crippen LogP contribution in [0.15, 0.2) is 48.5 Å². The minimum Gasteiger partial charge on any atom is -0.492 e. The fraction of sp³-hybridized carbons (Fsp3) is 0.222. The first kappa shape index (κ1) is 12.8. The summed E-state index contributed by atoms with van der Waals surface area (Å²) in [4.78, 5) is 0. The Balaban J connectivity index is 1.68. The van der Waals surface area contributed by atoms with Crippen molar-refractivity contribution < 1.29 is 9.84 Å². The molecule has 0 saturated heterocycles. The van der Waals surface area contributed by atoms with E-state index in [9.17, 15) is 0 Å². The average Bonchev–Trinajstić information content (AvgIpc) is 2.47. The number of fused-ring (bicyclic) bond motifs is 1. The van der Waals surface area contributed by atoms with Gasteiger partial charge in [-0.3, -0.25) is 0 Å². The maximum atomic E-state index is 8.78. The second-order valence-corrected chi connectivity index (χ2v) is 4.87. The number of hydrogen-bond acceptors (Lipinski definition) is 2. The highest BCUT2D eigenvalue weighted by molar-refractivity contribution is 5.46. The number of aliphatic hydroxyl groups is 1. The van der Waals surface area contributed by atoms with Crippen molar-refractivity contribution in [2.45, 2.75) is 12.3 Å². The number of aliphatic hydroxyl groups excluding tert-OH is 1. The van der Waals surface area contributed by atoms with Gasteiger partial charge in [-0.05, 0) is 29.7 Å². The van der Waals surface area contributed by atoms with Gasteiger partial charge in [0, 0.05) is 5.92 Å². The molecule has 0 heterocycles. The molecule has 2 nitrogen and oxygen atoms in total. The predicted octanol–water partition coefficient (Wildman–Crippen LogP) is 2.75. The monoisotopic (exact) mass is 264 g/mol. The number of benzene rings is 2. The molecule has 20 heavy (non-hydrogen) atoms. The van der Waals surface area contributed by atoms with Crippen LogP contribution in [0.5, 0.6) is 5.75 Å². The molecule has 0 saturated carbocycles. The summed E-state index contributed by atoms with van der Waals surface area (Å²) in [5, 5.41) is 8.78. The third-order valence-electron chi connectivity index (χ3n) is 3.59. The standard InChI is InChI=1S/C18H16O2/c19-11-5-8-14-6-2-4-10-18(14)20-13-16-12-15-7-1-3-9-17(15)16/h1-4,6-7,9-10,16,19H,11-13H2. The van der Waals surface area contributed by atoms with Crippen LogP contribution < -0.4 is 4.74 Å². The van der Waals surface area contributed by atoms with Gasteiger partial charge in [0.1, 0.15) is 12.4 Å². The molecule has 2 aromatic carbocycles. The van der Waals surface area contributed by atoms with Crippen LogP contribution in [0.2, 0.25) is 0 Å². The highest BCUT2D eigenvalue weighted by Gasteiger charge is 2.25. The lowest BCUT2D eigenvalue weighted by Crippen LogP contribution is -2.23. The third kappa shape index (κ3) is 2.54. The quantitative estimate of drug-likeness (QED) is 0.864. The molecule has 2 aromatic rings. The molecule has 1 aliphatic rings. The Hall–Kier alpha value is -2.24. The van der Waals surface area contributed by atoms with Crippen LogP contribution in [0.4, 0.5) is 0 Å². The van der Waals surface area contributed by atoms with Gasteiger partial charge in [0.05, 0.1) is 12.2 Å². The van der Waals surface area contributed by atoms with E-state index in [-0.39, 0.29) is 6.61 Å². The molecule has 1 unspecified atom stereocenters. The average molecular weight is 264 g/mol. The largest absolute Gasteiger partial charge is 0.492 e. The summed E-state index contributed by atoms with van der Waals surface area (Å²) in [6.07, 6.45) is 1.08. The molecule has 0 aromatic heterocycles. The maximum absolute atomic E-state index is 8.78. The van der Waals surface area contributed by atoms with Gasteiger partial charge in [-0.25, -0.2) is 0 Å². The summed E-state index contributed by atoms with van der Waals surface area (Å²) in [6.45, 7) is 0.541. The number of hydrogen-bond donors (Lipinski definition) is 1. The third-order valence-corrected chi connectivity index (χ3v) is 3.59. The minimum atomic E-state index is -0.135. The molecule has 0 bridgehead atoms. The molecule has 1 aliphatic carbocycles. The zero-order valence-corrected chi connectivity index (χ0v) is 11.2. The van der Waals surface area contributed by atoms with Gasteiger partial charge in [0.2, 0.25) is 0 Å². The predicted molar refractivity (Wildman–Crippen MR) is 78.8 cm³/mol. The summed E-state index contributed by atoms with van der Waals surface area (Å²) >= 11 is 0. The van der Waals surface area contributed by atoms with Crippen LogP contribution >= 0.6 is 0 Å². The second kappa shape index (κ2) is 5.81. The molecule has 0 spiro atoms. The first-order valence-corrected chi connectivity index (χ1v) is 6.78. The molecule has 1 N–H and O–H groups in total. The SMILES string of the molecule is OCC#Cc1ccccc1OCC1Cc2ccccc21. The van der Waals surface area contributed by atoms with Gasteiger partial charge >= 0.3 is 0 Å². The van der Waals surface area contributed by atoms with E-state index >= 15 is 0 Å². The van der Waals surface area contributed by atoms with E-state index < -0.39 is 0 Å². The smallest absolute Gasteiger partial charge is 0.134 e. The van der Waals surface area contributed by atoms with E-state index in [0.717, 1.165) is 17.7 Å². The normalized spacial score (nSPS) is 15.6. The van der Waals surface area contributed by atoms with Crippen molar-refractivity contribution in [2.75, 3.05) is 13.2 Å². The van der Waals surface area contributed by atoms with Gasteiger partial charge < -0.3 is 9.84 Å². The zero-order chi connectivity index (χ0) is 13.8. The Labute approximate surface area is 119 Å². The maximum Gasteiger partial charge on any atom is 0.134 e. The summed E-state index contributed by atoms with van der Waals surface area (Å²) in [5.41, 5.74) is 3.65. The van der Waals surface area contributed by atoms with Gasteiger partial charge in [-0.2, -0.15) is 0 Å². The van der Waals surface area contributed by atoms with Gasteiger partial charge in [-0.15, -0.1) is 0 Å². The summed E-state index contributed by atoms with van der Waals surface area (Å²) in [5.74, 6) is 6.85. The highest BCUT2D eigenvalue weighted by Crippen LogP contribution is 2.35. The van der Waals surface area contributed by atoms with E-state index in [4.69, 9.17) is 9.84 Å². The lowest BCUT2D eigenvalue weighted by molar-refractivity contribution is 0.274. The molecular weight excluding hydrogens is 248 g/mol. The molecule has 1 atom stereocenters. The Bertz CT molecular complexity index is 664. The van der Waals surface area contributed by atoms with Crippen molar-refractivity contribution in [1.82, 2.24) is 0 Å². The van der Waals surface area contributed by atoms with Crippen LogP contribution in [0.25, 0.3) is 0 Å². The fourth-order valence-electron chi connectivity index (χ4n) is 2.53. The number of rotatable bonds is 3. The second-order valence-electron chi connectivity index (χ2n) is 4.87. The molecule has 3 rings (SSSR count). The van der Waals surface area contributed by atoms with Crippen molar-refractivity contribution in [3.8, 4) is 17.6 Å². The van der Waals surface area contributed by atoms with E-state index in [0.29, 0.717) is 12.5 Å². The fourth-order valence-corrected chi connectivity index (χ4v) is 2.53. The van der Waals surface area contributed by atoms with E-state index in [1.54, 1.807) is 0 Å². The molecule has 2 heteroatoms. The van der Waals surface area contributed by atoms with Crippen molar-refractivity contribution in [3.63, 3.8) is 0 Å². The first-order chi connectivity index (χ1) is 9.88. The molecular formula is C18H16O2. The van der Waals surface area contributed by atoms with E-state index in [1.165, 1.54) is 11.1 Å². The van der Waals surface area contributed by atoms with Gasteiger partial charge in [0.25, 0.3) is 0 Å². The summed E-state index contributed by atoms with van der Waals surface area (Å²) < 4.78 is 5.91. The lowest BCUT2D eigenvalue weighted by Gasteiger charge is -2.30. The van der Waals surface area contributed by atoms with Crippen LogP contribution in [-0.4, -0.2) is 18.3 Å². The van der Waals surface area contributed by atoms with Crippen molar-refractivity contribution in [1.29, 1.82) is 0 Å². The Kier molecular flexibility index (Phi) is 3.71. The molecule has 0 amide bonds. The summed E-state index contributed by atoms with van der Waals surface area (Å²) in [7, 11) is 0. The Morgan fingerprint density at radius 2 is 1.90 bits per heavy atom. The van der Waals surface area contributed by atoms with Crippen LogP contribution in [0.3, 0.4) is 0 Å². The Morgan fingerprint density at radius 1 is 1.10 bits per heavy atom. The van der Waals surface area contributed by atoms with Gasteiger partial charge in [-0.1, -0.05) is 48.2 Å². The Morgan fingerprint density at radius 3 is 2.75 bits per heavy atom. The molecule has 0 radical (unpaired) electrons. The number of para-hydroxylation sites is 1. The topological polar surface area (TPSA) is 29.5 Å². The zero-order valence-electron chi connectivity index (χ0n) is 11.2. The van der Waals surface area contributed by atoms with Crippen molar-refractivity contribution in [2.24, 2.45) is 0 Å². The lowest BCUT2D eigenvalue weighted by atomic mass is 9.78. The van der Waals surface area contributed by atoms with Crippen LogP contribution in [0, 0.1) is 11.8 Å². The van der Waals surface area contributed by atoms with Crippen LogP contribution in [-0.2, 0) is 6.42 Å². The van der Waals surface area contributed by atoms with E-state index in [2.05, 4.69) is 36.1 Å². The van der Waals surface area contributed by atoms with Crippen molar-refractivity contribution in [3.05, 3.63) is 65.2 Å². The minimum absolute atomic E-state index is 0.135. The summed E-state index contributed by atoms with van der Waals surface area (Å²) in [6, 6.07) is 16.2. The van der Waals surface area contributed by atoms with E-state index in [1.807, 2.05) is 24.3 Å². The highest BCUT2D eigenvalue weighted by atomic mass is 16.5. The molecule has 100 valence electrons. The molecule has 0 fully saturated rings. The van der Waals surface area contributed by atoms with Gasteiger partial charge in [0.15, 0.2) is 0 Å². The van der Waals surface area contributed by atoms with Crippen molar-refractivity contribution >= 4 is 0 Å². The number of ether oxygens (including phenoxy) is 1. The van der Waals surface area contributed by atoms with Crippen LogP contribution in [0.1, 0.15) is 22.6 Å². The molecule has 0 aliphatic heterocycles.